The molecule has 0 aliphatic carbocycles. The first-order valence-corrected chi connectivity index (χ1v) is 7.30. The number of nitrogens with zero attached hydrogens (tertiary/aromatic N) is 1. The Bertz CT molecular complexity index is 564. The third-order valence-electron chi connectivity index (χ3n) is 3.27. The molecule has 2 rings (SSSR count). The van der Waals surface area contributed by atoms with Crippen LogP contribution in [0.5, 0.6) is 0 Å². The van der Waals surface area contributed by atoms with Gasteiger partial charge in [-0.15, -0.1) is 0 Å². The molecule has 21 heavy (non-hydrogen) atoms. The van der Waals surface area contributed by atoms with E-state index in [4.69, 9.17) is 27.9 Å². The van der Waals surface area contributed by atoms with Crippen molar-refractivity contribution in [2.75, 3.05) is 13.2 Å². The normalized spacial score (nSPS) is 21.4. The lowest BCUT2D eigenvalue weighted by molar-refractivity contribution is -0.147. The molecular weight excluding hydrogens is 317 g/mol. The van der Waals surface area contributed by atoms with Crippen molar-refractivity contribution in [3.8, 4) is 0 Å². The Kier molecular flexibility index (Phi) is 5.08. The molecular formula is C14H15Cl2NO4. The molecule has 1 N–H and O–H groups in total. The van der Waals surface area contributed by atoms with Crippen molar-refractivity contribution >= 4 is 35.1 Å². The second kappa shape index (κ2) is 6.64. The Morgan fingerprint density at radius 3 is 2.71 bits per heavy atom. The summed E-state index contributed by atoms with van der Waals surface area (Å²) in [5.41, 5.74) is 0.313. The number of esters is 1. The number of halogens is 2. The largest absolute Gasteiger partial charge is 0.464 e. The zero-order valence-corrected chi connectivity index (χ0v) is 12.9. The summed E-state index contributed by atoms with van der Waals surface area (Å²) in [6.07, 6.45) is -0.572. The molecule has 1 saturated heterocycles. The van der Waals surface area contributed by atoms with Crippen LogP contribution in [0.15, 0.2) is 18.2 Å². The number of β-amino-alcohol motifs (C(OH)–C–C–N with tert-alkyl or cyclic N) is 1. The van der Waals surface area contributed by atoms with Gasteiger partial charge in [-0.3, -0.25) is 4.79 Å². The van der Waals surface area contributed by atoms with Crippen molar-refractivity contribution in [2.24, 2.45) is 0 Å². The number of rotatable bonds is 3. The molecule has 1 aromatic carbocycles. The minimum atomic E-state index is -0.776. The second-order valence-corrected chi connectivity index (χ2v) is 5.56. The van der Waals surface area contributed by atoms with Crippen LogP contribution in [0.2, 0.25) is 10.0 Å². The minimum Gasteiger partial charge on any atom is -0.464 e. The van der Waals surface area contributed by atoms with Gasteiger partial charge in [0.25, 0.3) is 5.91 Å². The molecule has 2 atom stereocenters. The zero-order valence-electron chi connectivity index (χ0n) is 11.4. The van der Waals surface area contributed by atoms with Crippen LogP contribution in [-0.2, 0) is 9.53 Å². The van der Waals surface area contributed by atoms with Crippen molar-refractivity contribution in [3.63, 3.8) is 0 Å². The van der Waals surface area contributed by atoms with E-state index >= 15 is 0 Å². The lowest BCUT2D eigenvalue weighted by atomic mass is 10.1. The average molecular weight is 332 g/mol. The molecule has 0 saturated carbocycles. The Balaban J connectivity index is 2.23. The lowest BCUT2D eigenvalue weighted by Gasteiger charge is -2.23. The van der Waals surface area contributed by atoms with Crippen LogP contribution in [0.4, 0.5) is 0 Å². The third kappa shape index (κ3) is 3.48. The topological polar surface area (TPSA) is 66.8 Å². The van der Waals surface area contributed by atoms with Gasteiger partial charge < -0.3 is 14.7 Å². The van der Waals surface area contributed by atoms with E-state index in [1.807, 2.05) is 0 Å². The molecule has 0 spiro atoms. The highest BCUT2D eigenvalue weighted by molar-refractivity contribution is 6.42. The fraction of sp³-hybridized carbons (Fsp3) is 0.429. The van der Waals surface area contributed by atoms with Crippen molar-refractivity contribution in [1.29, 1.82) is 0 Å². The Labute approximate surface area is 132 Å². The van der Waals surface area contributed by atoms with Gasteiger partial charge in [0.05, 0.1) is 22.8 Å². The number of carbonyl (C=O) groups excluding carboxylic acids is 2. The molecule has 0 radical (unpaired) electrons. The number of aliphatic hydroxyl groups is 1. The number of likely N-dealkylation sites (tertiary alicyclic amines) is 1. The van der Waals surface area contributed by atoms with Crippen LogP contribution in [0, 0.1) is 0 Å². The second-order valence-electron chi connectivity index (χ2n) is 4.74. The van der Waals surface area contributed by atoms with Gasteiger partial charge in [-0.05, 0) is 25.1 Å². The van der Waals surface area contributed by atoms with Crippen molar-refractivity contribution in [3.05, 3.63) is 33.8 Å². The maximum absolute atomic E-state index is 12.5. The van der Waals surface area contributed by atoms with Crippen LogP contribution in [0.3, 0.4) is 0 Å². The number of hydrogen-bond acceptors (Lipinski definition) is 4. The first kappa shape index (κ1) is 16.1. The summed E-state index contributed by atoms with van der Waals surface area (Å²) in [5, 5.41) is 10.3. The van der Waals surface area contributed by atoms with E-state index in [-0.39, 0.29) is 30.5 Å². The zero-order chi connectivity index (χ0) is 15.6. The average Bonchev–Trinajstić information content (AvgIpc) is 2.83. The highest BCUT2D eigenvalue weighted by atomic mass is 35.5. The number of aliphatic hydroxyl groups excluding tert-OH is 1. The van der Waals surface area contributed by atoms with Crippen molar-refractivity contribution < 1.29 is 19.4 Å². The summed E-state index contributed by atoms with van der Waals surface area (Å²) < 4.78 is 4.94. The van der Waals surface area contributed by atoms with E-state index in [9.17, 15) is 14.7 Å². The van der Waals surface area contributed by atoms with Gasteiger partial charge in [0.2, 0.25) is 0 Å². The SMILES string of the molecule is CCOC(=O)[C@@H]1C[C@@H](O)CN1C(=O)c1ccc(Cl)c(Cl)c1. The van der Waals surface area contributed by atoms with E-state index in [1.165, 1.54) is 23.1 Å². The van der Waals surface area contributed by atoms with Gasteiger partial charge in [-0.25, -0.2) is 4.79 Å². The summed E-state index contributed by atoms with van der Waals surface area (Å²) in [6.45, 7) is 2.00. The lowest BCUT2D eigenvalue weighted by Crippen LogP contribution is -2.41. The van der Waals surface area contributed by atoms with Gasteiger partial charge in [0.15, 0.2) is 0 Å². The first-order chi connectivity index (χ1) is 9.93. The molecule has 0 aromatic heterocycles. The van der Waals surface area contributed by atoms with Crippen LogP contribution in [0.1, 0.15) is 23.7 Å². The van der Waals surface area contributed by atoms with Gasteiger partial charge in [-0.1, -0.05) is 23.2 Å². The molecule has 1 aliphatic heterocycles. The monoisotopic (exact) mass is 331 g/mol. The molecule has 1 fully saturated rings. The minimum absolute atomic E-state index is 0.0859. The number of amides is 1. The number of carbonyl (C=O) groups is 2. The van der Waals surface area contributed by atoms with Gasteiger partial charge in [0, 0.05) is 18.5 Å². The fourth-order valence-electron chi connectivity index (χ4n) is 2.30. The smallest absolute Gasteiger partial charge is 0.328 e. The van der Waals surface area contributed by atoms with E-state index in [0.29, 0.717) is 10.6 Å². The predicted octanol–water partition coefficient (Wildman–Crippen LogP) is 2.13. The van der Waals surface area contributed by atoms with Crippen LogP contribution in [0.25, 0.3) is 0 Å². The summed E-state index contributed by atoms with van der Waals surface area (Å²) in [4.78, 5) is 25.7. The highest BCUT2D eigenvalue weighted by Crippen LogP contribution is 2.26. The van der Waals surface area contributed by atoms with E-state index in [2.05, 4.69) is 0 Å². The number of hydrogen-bond donors (Lipinski definition) is 1. The highest BCUT2D eigenvalue weighted by Gasteiger charge is 2.40. The Morgan fingerprint density at radius 2 is 2.10 bits per heavy atom. The maximum Gasteiger partial charge on any atom is 0.328 e. The fourth-order valence-corrected chi connectivity index (χ4v) is 2.59. The molecule has 5 nitrogen and oxygen atoms in total. The molecule has 1 aromatic rings. The predicted molar refractivity (Wildman–Crippen MR) is 78.5 cm³/mol. The van der Waals surface area contributed by atoms with E-state index in [1.54, 1.807) is 6.92 Å². The van der Waals surface area contributed by atoms with Crippen LogP contribution >= 0.6 is 23.2 Å². The summed E-state index contributed by atoms with van der Waals surface area (Å²) in [5.74, 6) is -0.898. The van der Waals surface area contributed by atoms with Crippen molar-refractivity contribution in [1.82, 2.24) is 4.90 Å². The standard InChI is InChI=1S/C14H15Cl2NO4/c1-2-21-14(20)12-6-9(18)7-17(12)13(19)8-3-4-10(15)11(16)5-8/h3-5,9,12,18H,2,6-7H2,1H3/t9-,12+/m1/s1. The third-order valence-corrected chi connectivity index (χ3v) is 4.00. The van der Waals surface area contributed by atoms with Crippen molar-refractivity contribution in [2.45, 2.75) is 25.5 Å². The summed E-state index contributed by atoms with van der Waals surface area (Å²) in [7, 11) is 0. The number of ether oxygens (including phenoxy) is 1. The Morgan fingerprint density at radius 1 is 1.38 bits per heavy atom. The van der Waals surface area contributed by atoms with E-state index < -0.39 is 18.1 Å². The molecule has 7 heteroatoms. The van der Waals surface area contributed by atoms with Gasteiger partial charge in [-0.2, -0.15) is 0 Å². The van der Waals surface area contributed by atoms with Crippen LogP contribution < -0.4 is 0 Å². The molecule has 1 heterocycles. The molecule has 114 valence electrons. The Hall–Kier alpha value is -1.30. The molecule has 1 aliphatic rings. The quantitative estimate of drug-likeness (QED) is 0.861. The van der Waals surface area contributed by atoms with Crippen LogP contribution in [-0.4, -0.2) is 47.2 Å². The molecule has 0 bridgehead atoms. The van der Waals surface area contributed by atoms with E-state index in [0.717, 1.165) is 0 Å². The van der Waals surface area contributed by atoms with Gasteiger partial charge >= 0.3 is 5.97 Å². The number of benzene rings is 1. The maximum atomic E-state index is 12.5. The van der Waals surface area contributed by atoms with Gasteiger partial charge in [0.1, 0.15) is 6.04 Å². The molecule has 0 unspecified atom stereocenters. The summed E-state index contributed by atoms with van der Waals surface area (Å²) in [6, 6.07) is 3.72. The molecule has 1 amide bonds. The summed E-state index contributed by atoms with van der Waals surface area (Å²) >= 11 is 11.7. The first-order valence-electron chi connectivity index (χ1n) is 6.54.